The topological polar surface area (TPSA) is 73.1 Å². The Morgan fingerprint density at radius 2 is 1.94 bits per heavy atom. The van der Waals surface area contributed by atoms with E-state index in [4.69, 9.17) is 5.21 Å². The van der Waals surface area contributed by atoms with Crippen LogP contribution in [0.5, 0.6) is 0 Å². The van der Waals surface area contributed by atoms with Crippen LogP contribution < -0.4 is 0 Å². The first-order chi connectivity index (χ1) is 7.35. The second-order valence-corrected chi connectivity index (χ2v) is 4.84. The van der Waals surface area contributed by atoms with Gasteiger partial charge in [-0.1, -0.05) is 19.0 Å². The third-order valence-corrected chi connectivity index (χ3v) is 3.85. The van der Waals surface area contributed by atoms with Crippen molar-refractivity contribution >= 4 is 11.5 Å². The molecule has 0 aromatic rings. The van der Waals surface area contributed by atoms with Crippen molar-refractivity contribution in [2.24, 2.45) is 5.16 Å². The highest BCUT2D eigenvalue weighted by atomic mass is 16.5. The molecule has 1 heterocycles. The second-order valence-electron chi connectivity index (χ2n) is 4.84. The van der Waals surface area contributed by atoms with Crippen LogP contribution >= 0.6 is 0 Å². The Morgan fingerprint density at radius 1 is 1.38 bits per heavy atom. The standard InChI is InChI=1S/C11H20N2O3/c1-5-10(3)7-8(12-15)9(14)11(4,6-2)13(10)16/h15-16H,5-7H2,1-4H3/b12-8-. The Morgan fingerprint density at radius 3 is 2.31 bits per heavy atom. The van der Waals surface area contributed by atoms with Gasteiger partial charge in [0, 0.05) is 12.0 Å². The predicted octanol–water partition coefficient (Wildman–Crippen LogP) is 1.82. The summed E-state index contributed by atoms with van der Waals surface area (Å²) in [6.45, 7) is 7.30. The van der Waals surface area contributed by atoms with Crippen molar-refractivity contribution in [1.82, 2.24) is 5.06 Å². The van der Waals surface area contributed by atoms with Crippen LogP contribution in [-0.2, 0) is 4.79 Å². The van der Waals surface area contributed by atoms with E-state index >= 15 is 0 Å². The monoisotopic (exact) mass is 228 g/mol. The average molecular weight is 228 g/mol. The lowest BCUT2D eigenvalue weighted by atomic mass is 9.75. The molecule has 2 N–H and O–H groups in total. The molecule has 1 rings (SSSR count). The first kappa shape index (κ1) is 13.1. The lowest BCUT2D eigenvalue weighted by Gasteiger charge is -2.49. The molecular weight excluding hydrogens is 208 g/mol. The maximum atomic E-state index is 12.0. The lowest BCUT2D eigenvalue weighted by Crippen LogP contribution is -2.66. The van der Waals surface area contributed by atoms with Crippen LogP contribution in [0.3, 0.4) is 0 Å². The molecule has 0 radical (unpaired) electrons. The number of ketones is 1. The molecular formula is C11H20N2O3. The molecule has 0 bridgehead atoms. The van der Waals surface area contributed by atoms with Gasteiger partial charge >= 0.3 is 0 Å². The third kappa shape index (κ3) is 1.64. The molecule has 2 unspecified atom stereocenters. The number of carbonyl (C=O) groups is 1. The molecule has 2 atom stereocenters. The van der Waals surface area contributed by atoms with Crippen LogP contribution in [0, 0.1) is 0 Å². The SMILES string of the molecule is CCC1(C)C/C(=N/O)C(=O)C(C)(CC)N1O. The summed E-state index contributed by atoms with van der Waals surface area (Å²) >= 11 is 0. The average Bonchev–Trinajstić information content (AvgIpc) is 2.31. The number of hydrogen-bond donors (Lipinski definition) is 2. The quantitative estimate of drug-likeness (QED) is 0.558. The number of Topliss-reactive ketones (excluding diaryl/α,β-unsaturated/α-hetero) is 1. The van der Waals surface area contributed by atoms with Gasteiger partial charge in [0.2, 0.25) is 5.78 Å². The number of hydroxylamine groups is 2. The fraction of sp³-hybridized carbons (Fsp3) is 0.818. The van der Waals surface area contributed by atoms with Crippen molar-refractivity contribution in [1.29, 1.82) is 0 Å². The number of nitrogens with zero attached hydrogens (tertiary/aromatic N) is 2. The number of carbonyl (C=O) groups excluding carboxylic acids is 1. The molecule has 92 valence electrons. The Labute approximate surface area is 95.7 Å². The van der Waals surface area contributed by atoms with Crippen LogP contribution in [0.1, 0.15) is 47.0 Å². The van der Waals surface area contributed by atoms with E-state index in [-0.39, 0.29) is 17.9 Å². The minimum atomic E-state index is -0.995. The molecule has 1 aliphatic rings. The van der Waals surface area contributed by atoms with Crippen molar-refractivity contribution < 1.29 is 15.2 Å². The zero-order valence-electron chi connectivity index (χ0n) is 10.3. The summed E-state index contributed by atoms with van der Waals surface area (Å²) in [6.07, 6.45) is 1.41. The normalized spacial score (nSPS) is 39.3. The van der Waals surface area contributed by atoms with Gasteiger partial charge in [0.1, 0.15) is 11.3 Å². The van der Waals surface area contributed by atoms with E-state index in [1.54, 1.807) is 6.92 Å². The van der Waals surface area contributed by atoms with Gasteiger partial charge in [-0.3, -0.25) is 4.79 Å². The van der Waals surface area contributed by atoms with Gasteiger partial charge in [0.15, 0.2) is 0 Å². The van der Waals surface area contributed by atoms with E-state index in [1.165, 1.54) is 0 Å². The smallest absolute Gasteiger partial charge is 0.202 e. The highest BCUT2D eigenvalue weighted by Crippen LogP contribution is 2.37. The van der Waals surface area contributed by atoms with E-state index in [2.05, 4.69) is 5.16 Å². The molecule has 5 nitrogen and oxygen atoms in total. The number of rotatable bonds is 2. The molecule has 0 aromatic carbocycles. The van der Waals surface area contributed by atoms with Gasteiger partial charge in [-0.25, -0.2) is 0 Å². The fourth-order valence-electron chi connectivity index (χ4n) is 2.18. The lowest BCUT2D eigenvalue weighted by molar-refractivity contribution is -0.232. The van der Waals surface area contributed by atoms with Crippen LogP contribution in [0.25, 0.3) is 0 Å². The molecule has 1 fully saturated rings. The van der Waals surface area contributed by atoms with Crippen molar-refractivity contribution in [3.05, 3.63) is 0 Å². The van der Waals surface area contributed by atoms with E-state index in [9.17, 15) is 10.0 Å². The van der Waals surface area contributed by atoms with Gasteiger partial charge < -0.3 is 10.4 Å². The highest BCUT2D eigenvalue weighted by molar-refractivity contribution is 6.43. The minimum absolute atomic E-state index is 0.152. The zero-order valence-corrected chi connectivity index (χ0v) is 10.3. The number of hydrogen-bond acceptors (Lipinski definition) is 5. The summed E-state index contributed by atoms with van der Waals surface area (Å²) in [4.78, 5) is 12.0. The maximum Gasteiger partial charge on any atom is 0.202 e. The Kier molecular flexibility index (Phi) is 3.40. The Hall–Kier alpha value is -0.940. The van der Waals surface area contributed by atoms with Gasteiger partial charge in [-0.2, -0.15) is 5.06 Å². The van der Waals surface area contributed by atoms with Crippen molar-refractivity contribution in [3.63, 3.8) is 0 Å². The number of oxime groups is 1. The fourth-order valence-corrected chi connectivity index (χ4v) is 2.18. The molecule has 0 spiro atoms. The summed E-state index contributed by atoms with van der Waals surface area (Å²) in [5, 5.41) is 23.3. The maximum absolute atomic E-state index is 12.0. The van der Waals surface area contributed by atoms with E-state index < -0.39 is 11.1 Å². The molecule has 1 aliphatic heterocycles. The molecule has 5 heteroatoms. The van der Waals surface area contributed by atoms with E-state index in [0.29, 0.717) is 12.8 Å². The van der Waals surface area contributed by atoms with Gasteiger partial charge in [-0.15, -0.1) is 0 Å². The first-order valence-electron chi connectivity index (χ1n) is 5.60. The summed E-state index contributed by atoms with van der Waals surface area (Å²) in [5.41, 5.74) is -1.40. The van der Waals surface area contributed by atoms with Gasteiger partial charge in [-0.05, 0) is 26.7 Å². The molecule has 0 aromatic heterocycles. The molecule has 16 heavy (non-hydrogen) atoms. The van der Waals surface area contributed by atoms with Crippen molar-refractivity contribution in [3.8, 4) is 0 Å². The van der Waals surface area contributed by atoms with Crippen molar-refractivity contribution in [2.45, 2.75) is 58.0 Å². The van der Waals surface area contributed by atoms with Crippen LogP contribution in [-0.4, -0.2) is 38.1 Å². The Bertz CT molecular complexity index is 329. The van der Waals surface area contributed by atoms with E-state index in [0.717, 1.165) is 5.06 Å². The predicted molar refractivity (Wildman–Crippen MR) is 59.9 cm³/mol. The summed E-state index contributed by atoms with van der Waals surface area (Å²) in [6, 6.07) is 0. The van der Waals surface area contributed by atoms with Crippen LogP contribution in [0.15, 0.2) is 5.16 Å². The minimum Gasteiger partial charge on any atom is -0.411 e. The summed E-state index contributed by atoms with van der Waals surface area (Å²) < 4.78 is 0. The molecule has 0 amide bonds. The molecule has 1 saturated heterocycles. The Balaban J connectivity index is 3.24. The van der Waals surface area contributed by atoms with Gasteiger partial charge in [0.05, 0.1) is 0 Å². The number of piperidine rings is 1. The van der Waals surface area contributed by atoms with Crippen molar-refractivity contribution in [2.75, 3.05) is 0 Å². The highest BCUT2D eigenvalue weighted by Gasteiger charge is 2.53. The third-order valence-electron chi connectivity index (χ3n) is 3.85. The summed E-state index contributed by atoms with van der Waals surface area (Å²) in [5.74, 6) is -0.300. The zero-order chi connectivity index (χ0) is 12.6. The van der Waals surface area contributed by atoms with Crippen LogP contribution in [0.4, 0.5) is 0 Å². The summed E-state index contributed by atoms with van der Waals surface area (Å²) in [7, 11) is 0. The first-order valence-corrected chi connectivity index (χ1v) is 5.60. The second kappa shape index (κ2) is 4.14. The molecule has 0 aliphatic carbocycles. The van der Waals surface area contributed by atoms with E-state index in [1.807, 2.05) is 20.8 Å². The van der Waals surface area contributed by atoms with Gasteiger partial charge in [0.25, 0.3) is 0 Å². The molecule has 0 saturated carbocycles. The largest absolute Gasteiger partial charge is 0.411 e. The van der Waals surface area contributed by atoms with Crippen LogP contribution in [0.2, 0.25) is 0 Å².